The second kappa shape index (κ2) is 3.73. The molecule has 2 rings (SSSR count). The third-order valence-corrected chi connectivity index (χ3v) is 2.44. The first-order valence-electron chi connectivity index (χ1n) is 4.85. The first-order chi connectivity index (χ1) is 7.18. The number of hydrogen-bond acceptors (Lipinski definition) is 2. The molecule has 0 spiro atoms. The van der Waals surface area contributed by atoms with Crippen LogP contribution in [0.3, 0.4) is 0 Å². The highest BCUT2D eigenvalue weighted by Crippen LogP contribution is 2.17. The van der Waals surface area contributed by atoms with Gasteiger partial charge in [0.15, 0.2) is 5.78 Å². The molecule has 4 heteroatoms. The number of amides is 2. The van der Waals surface area contributed by atoms with Crippen LogP contribution in [0.1, 0.15) is 17.3 Å². The van der Waals surface area contributed by atoms with Gasteiger partial charge in [0.1, 0.15) is 0 Å². The van der Waals surface area contributed by atoms with Crippen molar-refractivity contribution in [3.05, 3.63) is 29.8 Å². The number of ketones is 1. The molecule has 2 amide bonds. The minimum absolute atomic E-state index is 0.0347. The largest absolute Gasteiger partial charge is 0.336 e. The fourth-order valence-electron chi connectivity index (χ4n) is 1.59. The average Bonchev–Trinajstić information content (AvgIpc) is 2.65. The summed E-state index contributed by atoms with van der Waals surface area (Å²) in [6, 6.07) is 6.99. The van der Waals surface area contributed by atoms with Crippen LogP contribution in [0.5, 0.6) is 0 Å². The highest BCUT2D eigenvalue weighted by molar-refractivity contribution is 5.96. The molecule has 1 fully saturated rings. The number of urea groups is 1. The van der Waals surface area contributed by atoms with Crippen molar-refractivity contribution in [2.45, 2.75) is 6.92 Å². The van der Waals surface area contributed by atoms with Crippen molar-refractivity contribution in [1.82, 2.24) is 5.32 Å². The van der Waals surface area contributed by atoms with Gasteiger partial charge in [-0.2, -0.15) is 0 Å². The number of nitrogens with zero attached hydrogens (tertiary/aromatic N) is 1. The lowest BCUT2D eigenvalue weighted by atomic mass is 10.1. The Morgan fingerprint density at radius 3 is 2.47 bits per heavy atom. The molecule has 0 bridgehead atoms. The first-order valence-corrected chi connectivity index (χ1v) is 4.85. The van der Waals surface area contributed by atoms with E-state index in [1.54, 1.807) is 29.2 Å². The zero-order chi connectivity index (χ0) is 10.8. The van der Waals surface area contributed by atoms with Crippen LogP contribution in [0.2, 0.25) is 0 Å². The van der Waals surface area contributed by atoms with Crippen molar-refractivity contribution in [2.24, 2.45) is 0 Å². The smallest absolute Gasteiger partial charge is 0.321 e. The summed E-state index contributed by atoms with van der Waals surface area (Å²) in [6.45, 7) is 2.88. The molecular weight excluding hydrogens is 192 g/mol. The summed E-state index contributed by atoms with van der Waals surface area (Å²) in [5.41, 5.74) is 1.49. The van der Waals surface area contributed by atoms with Gasteiger partial charge in [-0.05, 0) is 31.2 Å². The molecule has 0 saturated carbocycles. The molecule has 1 N–H and O–H groups in total. The van der Waals surface area contributed by atoms with Crippen LogP contribution in [-0.4, -0.2) is 24.9 Å². The van der Waals surface area contributed by atoms with E-state index >= 15 is 0 Å². The van der Waals surface area contributed by atoms with Crippen LogP contribution in [0.4, 0.5) is 10.5 Å². The normalized spacial score (nSPS) is 15.3. The van der Waals surface area contributed by atoms with E-state index in [2.05, 4.69) is 5.32 Å². The lowest BCUT2D eigenvalue weighted by Gasteiger charge is -2.13. The molecule has 78 valence electrons. The highest BCUT2D eigenvalue weighted by Gasteiger charge is 2.20. The van der Waals surface area contributed by atoms with E-state index in [4.69, 9.17) is 0 Å². The summed E-state index contributed by atoms with van der Waals surface area (Å²) in [5.74, 6) is 0.0347. The molecule has 1 aliphatic rings. The van der Waals surface area contributed by atoms with Gasteiger partial charge in [-0.15, -0.1) is 0 Å². The maximum Gasteiger partial charge on any atom is 0.321 e. The van der Waals surface area contributed by atoms with Crippen LogP contribution in [0, 0.1) is 0 Å². The Labute approximate surface area is 87.9 Å². The van der Waals surface area contributed by atoms with E-state index < -0.39 is 0 Å². The number of hydrogen-bond donors (Lipinski definition) is 1. The van der Waals surface area contributed by atoms with Gasteiger partial charge in [-0.25, -0.2) is 4.79 Å². The number of nitrogens with one attached hydrogen (secondary N) is 1. The highest BCUT2D eigenvalue weighted by atomic mass is 16.2. The summed E-state index contributed by atoms with van der Waals surface area (Å²) in [5, 5.41) is 2.73. The van der Waals surface area contributed by atoms with Crippen molar-refractivity contribution < 1.29 is 9.59 Å². The second-order valence-corrected chi connectivity index (χ2v) is 3.49. The molecule has 0 unspecified atom stereocenters. The van der Waals surface area contributed by atoms with Gasteiger partial charge in [0, 0.05) is 24.3 Å². The van der Waals surface area contributed by atoms with Crippen LogP contribution < -0.4 is 10.2 Å². The SMILES string of the molecule is CC(=O)c1ccc(N2CCNC2=O)cc1. The van der Waals surface area contributed by atoms with Crippen molar-refractivity contribution in [3.8, 4) is 0 Å². The zero-order valence-electron chi connectivity index (χ0n) is 8.49. The summed E-state index contributed by atoms with van der Waals surface area (Å²) in [7, 11) is 0. The van der Waals surface area contributed by atoms with Crippen molar-refractivity contribution in [1.29, 1.82) is 0 Å². The van der Waals surface area contributed by atoms with Gasteiger partial charge >= 0.3 is 6.03 Å². The third-order valence-electron chi connectivity index (χ3n) is 2.44. The predicted molar refractivity (Wildman–Crippen MR) is 57.2 cm³/mol. The molecule has 4 nitrogen and oxygen atoms in total. The summed E-state index contributed by atoms with van der Waals surface area (Å²) >= 11 is 0. The summed E-state index contributed by atoms with van der Waals surface area (Å²) in [4.78, 5) is 24.0. The van der Waals surface area contributed by atoms with Gasteiger partial charge in [-0.3, -0.25) is 9.69 Å². The summed E-state index contributed by atoms with van der Waals surface area (Å²) in [6.07, 6.45) is 0. The van der Waals surface area contributed by atoms with E-state index in [0.29, 0.717) is 18.7 Å². The van der Waals surface area contributed by atoms with Gasteiger partial charge in [-0.1, -0.05) is 0 Å². The number of carbonyl (C=O) groups is 2. The van der Waals surface area contributed by atoms with E-state index in [1.807, 2.05) is 0 Å². The Morgan fingerprint density at radius 1 is 1.33 bits per heavy atom. The Kier molecular flexibility index (Phi) is 2.41. The second-order valence-electron chi connectivity index (χ2n) is 3.49. The minimum Gasteiger partial charge on any atom is -0.336 e. The third kappa shape index (κ3) is 1.83. The zero-order valence-corrected chi connectivity index (χ0v) is 8.49. The number of carbonyl (C=O) groups excluding carboxylic acids is 2. The molecule has 1 aliphatic heterocycles. The van der Waals surface area contributed by atoms with Gasteiger partial charge < -0.3 is 5.32 Å². The van der Waals surface area contributed by atoms with Crippen molar-refractivity contribution in [2.75, 3.05) is 18.0 Å². The Morgan fingerprint density at radius 2 is 2.00 bits per heavy atom. The fourth-order valence-corrected chi connectivity index (χ4v) is 1.59. The topological polar surface area (TPSA) is 49.4 Å². The van der Waals surface area contributed by atoms with Gasteiger partial charge in [0.05, 0.1) is 0 Å². The fraction of sp³-hybridized carbons (Fsp3) is 0.273. The molecule has 1 heterocycles. The quantitative estimate of drug-likeness (QED) is 0.740. The Bertz CT molecular complexity index is 398. The number of anilines is 1. The predicted octanol–water partition coefficient (Wildman–Crippen LogP) is 1.42. The maximum atomic E-state index is 11.3. The number of Topliss-reactive ketones (excluding diaryl/α,β-unsaturated/α-hetero) is 1. The monoisotopic (exact) mass is 204 g/mol. The number of benzene rings is 1. The molecule has 0 radical (unpaired) electrons. The molecular formula is C11H12N2O2. The van der Waals surface area contributed by atoms with E-state index in [0.717, 1.165) is 5.69 Å². The molecule has 1 saturated heterocycles. The maximum absolute atomic E-state index is 11.3. The standard InChI is InChI=1S/C11H12N2O2/c1-8(14)9-2-4-10(5-3-9)13-7-6-12-11(13)15/h2-5H,6-7H2,1H3,(H,12,15). The van der Waals surface area contributed by atoms with Crippen molar-refractivity contribution in [3.63, 3.8) is 0 Å². The lowest BCUT2D eigenvalue weighted by molar-refractivity contribution is 0.101. The molecule has 15 heavy (non-hydrogen) atoms. The molecule has 1 aromatic rings. The minimum atomic E-state index is -0.0782. The van der Waals surface area contributed by atoms with Gasteiger partial charge in [0.25, 0.3) is 0 Å². The lowest BCUT2D eigenvalue weighted by Crippen LogP contribution is -2.27. The number of rotatable bonds is 2. The van der Waals surface area contributed by atoms with Crippen LogP contribution in [0.25, 0.3) is 0 Å². The first kappa shape index (κ1) is 9.71. The van der Waals surface area contributed by atoms with E-state index in [-0.39, 0.29) is 11.8 Å². The van der Waals surface area contributed by atoms with Crippen LogP contribution in [-0.2, 0) is 0 Å². The van der Waals surface area contributed by atoms with E-state index in [1.165, 1.54) is 6.92 Å². The average molecular weight is 204 g/mol. The van der Waals surface area contributed by atoms with Crippen LogP contribution in [0.15, 0.2) is 24.3 Å². The van der Waals surface area contributed by atoms with E-state index in [9.17, 15) is 9.59 Å². The Balaban J connectivity index is 2.23. The molecule has 0 aromatic heterocycles. The van der Waals surface area contributed by atoms with Crippen LogP contribution >= 0.6 is 0 Å². The molecule has 0 aliphatic carbocycles. The van der Waals surface area contributed by atoms with Gasteiger partial charge in [0.2, 0.25) is 0 Å². The van der Waals surface area contributed by atoms with Crippen molar-refractivity contribution >= 4 is 17.5 Å². The Hall–Kier alpha value is -1.84. The summed E-state index contributed by atoms with van der Waals surface area (Å²) < 4.78 is 0. The molecule has 0 atom stereocenters. The molecule has 1 aromatic carbocycles.